The van der Waals surface area contributed by atoms with Gasteiger partial charge >= 0.3 is 0 Å². The van der Waals surface area contributed by atoms with Gasteiger partial charge in [-0.3, -0.25) is 13.9 Å². The maximum absolute atomic E-state index is 14.0. The summed E-state index contributed by atoms with van der Waals surface area (Å²) < 4.78 is 26.9. The van der Waals surface area contributed by atoms with Gasteiger partial charge in [-0.2, -0.15) is 0 Å². The number of aryl methyl sites for hydroxylation is 1. The van der Waals surface area contributed by atoms with Crippen molar-refractivity contribution in [2.75, 3.05) is 17.1 Å². The zero-order valence-corrected chi connectivity index (χ0v) is 26.7. The molecule has 1 N–H and O–H groups in total. The first kappa shape index (κ1) is 33.1. The molecule has 0 aliphatic carbocycles. The molecule has 0 saturated carbocycles. The van der Waals surface area contributed by atoms with Crippen LogP contribution in [0.1, 0.15) is 55.4 Å². The summed E-state index contributed by atoms with van der Waals surface area (Å²) in [5.74, 6) is -0.457. The lowest BCUT2D eigenvalue weighted by Crippen LogP contribution is -2.52. The quantitative estimate of drug-likeness (QED) is 0.240. The van der Waals surface area contributed by atoms with Crippen LogP contribution < -0.4 is 9.62 Å². The third-order valence-electron chi connectivity index (χ3n) is 7.51. The molecule has 0 aliphatic heterocycles. The van der Waals surface area contributed by atoms with Crippen molar-refractivity contribution in [3.8, 4) is 0 Å². The lowest BCUT2D eigenvalue weighted by Gasteiger charge is -2.33. The van der Waals surface area contributed by atoms with E-state index in [1.807, 2.05) is 82.3 Å². The standard InChI is InChI=1S/C33H42ClN3O4S/c1-6-25(3)35-33(39)31(22-27-14-8-7-9-15-27)36(23-28-16-11-17-29(34)21-28)32(38)19-12-20-37(42(5,40)41)30-18-10-13-24(2)26(30)4/h7-11,13-18,21,25,31H,6,12,19-20,22-23H2,1-5H3,(H,35,39)/t25-,31+/m0/s1. The number of nitrogens with one attached hydrogen (secondary N) is 1. The monoisotopic (exact) mass is 611 g/mol. The number of hydrogen-bond acceptors (Lipinski definition) is 4. The fourth-order valence-electron chi connectivity index (χ4n) is 4.82. The van der Waals surface area contributed by atoms with Crippen molar-refractivity contribution in [2.24, 2.45) is 0 Å². The van der Waals surface area contributed by atoms with Gasteiger partial charge in [-0.25, -0.2) is 8.42 Å². The van der Waals surface area contributed by atoms with E-state index in [2.05, 4.69) is 5.32 Å². The van der Waals surface area contributed by atoms with Gasteiger partial charge in [0.2, 0.25) is 21.8 Å². The van der Waals surface area contributed by atoms with Gasteiger partial charge < -0.3 is 10.2 Å². The highest BCUT2D eigenvalue weighted by Crippen LogP contribution is 2.26. The summed E-state index contributed by atoms with van der Waals surface area (Å²) >= 11 is 6.27. The zero-order valence-electron chi connectivity index (χ0n) is 25.1. The van der Waals surface area contributed by atoms with Crippen molar-refractivity contribution < 1.29 is 18.0 Å². The first-order valence-electron chi connectivity index (χ1n) is 14.3. The Morgan fingerprint density at radius 1 is 0.952 bits per heavy atom. The van der Waals surface area contributed by atoms with Gasteiger partial charge in [0.15, 0.2) is 0 Å². The topological polar surface area (TPSA) is 86.8 Å². The zero-order chi connectivity index (χ0) is 30.9. The molecule has 0 aromatic heterocycles. The number of nitrogens with zero attached hydrogens (tertiary/aromatic N) is 2. The van der Waals surface area contributed by atoms with E-state index in [0.29, 0.717) is 17.1 Å². The van der Waals surface area contributed by atoms with Crippen molar-refractivity contribution in [3.63, 3.8) is 0 Å². The van der Waals surface area contributed by atoms with Gasteiger partial charge in [0.25, 0.3) is 0 Å². The number of rotatable bonds is 14. The van der Waals surface area contributed by atoms with E-state index in [4.69, 9.17) is 11.6 Å². The molecule has 3 rings (SSSR count). The molecule has 226 valence electrons. The Balaban J connectivity index is 1.91. The smallest absolute Gasteiger partial charge is 0.243 e. The number of amides is 2. The predicted octanol–water partition coefficient (Wildman–Crippen LogP) is 6.06. The van der Waals surface area contributed by atoms with Crippen LogP contribution in [0.25, 0.3) is 0 Å². The van der Waals surface area contributed by atoms with Gasteiger partial charge in [-0.15, -0.1) is 0 Å². The molecule has 9 heteroatoms. The lowest BCUT2D eigenvalue weighted by atomic mass is 10.0. The van der Waals surface area contributed by atoms with E-state index >= 15 is 0 Å². The molecule has 0 spiro atoms. The van der Waals surface area contributed by atoms with E-state index < -0.39 is 16.1 Å². The number of carbonyl (C=O) groups excluding carboxylic acids is 2. The molecule has 42 heavy (non-hydrogen) atoms. The highest BCUT2D eigenvalue weighted by Gasteiger charge is 2.31. The van der Waals surface area contributed by atoms with Gasteiger partial charge in [0.05, 0.1) is 11.9 Å². The summed E-state index contributed by atoms with van der Waals surface area (Å²) in [6, 6.07) is 21.6. The molecule has 3 aromatic rings. The van der Waals surface area contributed by atoms with Crippen LogP contribution in [0.15, 0.2) is 72.8 Å². The Labute approximate surface area is 255 Å². The molecule has 0 unspecified atom stereocenters. The van der Waals surface area contributed by atoms with Crippen molar-refractivity contribution in [1.82, 2.24) is 10.2 Å². The van der Waals surface area contributed by atoms with E-state index in [1.165, 1.54) is 10.6 Å². The molecule has 0 radical (unpaired) electrons. The summed E-state index contributed by atoms with van der Waals surface area (Å²) in [5, 5.41) is 3.61. The first-order chi connectivity index (χ1) is 19.9. The molecule has 7 nitrogen and oxygen atoms in total. The first-order valence-corrected chi connectivity index (χ1v) is 16.6. The van der Waals surface area contributed by atoms with Crippen LogP contribution in [-0.4, -0.2) is 50.0 Å². The lowest BCUT2D eigenvalue weighted by molar-refractivity contribution is -0.141. The Bertz CT molecular complexity index is 1460. The minimum absolute atomic E-state index is 0.0558. The molecule has 0 heterocycles. The number of hydrogen-bond donors (Lipinski definition) is 1. The number of benzene rings is 3. The van der Waals surface area contributed by atoms with Gasteiger partial charge in [0, 0.05) is 37.0 Å². The second-order valence-electron chi connectivity index (χ2n) is 10.8. The molecule has 0 fully saturated rings. The number of carbonyl (C=O) groups is 2. The normalized spacial score (nSPS) is 12.8. The van der Waals surface area contributed by atoms with E-state index in [-0.39, 0.29) is 43.8 Å². The van der Waals surface area contributed by atoms with Crippen molar-refractivity contribution in [1.29, 1.82) is 0 Å². The largest absolute Gasteiger partial charge is 0.352 e. The molecule has 0 bridgehead atoms. The Hall–Kier alpha value is -3.36. The van der Waals surface area contributed by atoms with Gasteiger partial charge in [-0.1, -0.05) is 73.1 Å². The van der Waals surface area contributed by atoms with Crippen molar-refractivity contribution in [2.45, 2.75) is 72.0 Å². The minimum atomic E-state index is -3.59. The molecule has 0 saturated heterocycles. The van der Waals surface area contributed by atoms with Crippen LogP contribution in [0, 0.1) is 13.8 Å². The van der Waals surface area contributed by atoms with Gasteiger partial charge in [0.1, 0.15) is 6.04 Å². The Kier molecular flexibility index (Phi) is 12.0. The number of sulfonamides is 1. The van der Waals surface area contributed by atoms with E-state index in [0.717, 1.165) is 28.7 Å². The van der Waals surface area contributed by atoms with Crippen LogP contribution in [0.3, 0.4) is 0 Å². The molecule has 3 aromatic carbocycles. The Morgan fingerprint density at radius 2 is 1.62 bits per heavy atom. The summed E-state index contributed by atoms with van der Waals surface area (Å²) in [5.41, 5.74) is 4.21. The van der Waals surface area contributed by atoms with Crippen LogP contribution in [-0.2, 0) is 32.6 Å². The predicted molar refractivity (Wildman–Crippen MR) is 171 cm³/mol. The maximum atomic E-state index is 14.0. The summed E-state index contributed by atoms with van der Waals surface area (Å²) in [4.78, 5) is 29.2. The molecule has 2 atom stereocenters. The third kappa shape index (κ3) is 9.33. The fraction of sp³-hybridized carbons (Fsp3) is 0.394. The highest BCUT2D eigenvalue weighted by molar-refractivity contribution is 7.92. The van der Waals surface area contributed by atoms with Gasteiger partial charge in [-0.05, 0) is 74.1 Å². The average Bonchev–Trinajstić information content (AvgIpc) is 2.94. The highest BCUT2D eigenvalue weighted by atomic mass is 35.5. The van der Waals surface area contributed by atoms with Crippen LogP contribution in [0.2, 0.25) is 5.02 Å². The van der Waals surface area contributed by atoms with Crippen LogP contribution in [0.4, 0.5) is 5.69 Å². The summed E-state index contributed by atoms with van der Waals surface area (Å²) in [6.45, 7) is 8.10. The molecular weight excluding hydrogens is 570 g/mol. The van der Waals surface area contributed by atoms with E-state index in [9.17, 15) is 18.0 Å². The second kappa shape index (κ2) is 15.2. The third-order valence-corrected chi connectivity index (χ3v) is 8.93. The van der Waals surface area contributed by atoms with Crippen molar-refractivity contribution in [3.05, 3.63) is 100 Å². The van der Waals surface area contributed by atoms with Crippen LogP contribution in [0.5, 0.6) is 0 Å². The fourth-order valence-corrected chi connectivity index (χ4v) is 6.04. The molecule has 0 aliphatic rings. The van der Waals surface area contributed by atoms with Crippen molar-refractivity contribution >= 4 is 39.1 Å². The average molecular weight is 612 g/mol. The SMILES string of the molecule is CC[C@H](C)NC(=O)[C@@H](Cc1ccccc1)N(Cc1cccc(Cl)c1)C(=O)CCCN(c1cccc(C)c1C)S(C)(=O)=O. The molecule has 2 amide bonds. The number of halogens is 1. The number of anilines is 1. The summed E-state index contributed by atoms with van der Waals surface area (Å²) in [7, 11) is -3.59. The van der Waals surface area contributed by atoms with Crippen LogP contribution >= 0.6 is 11.6 Å². The second-order valence-corrected chi connectivity index (χ2v) is 13.2. The minimum Gasteiger partial charge on any atom is -0.352 e. The Morgan fingerprint density at radius 3 is 2.26 bits per heavy atom. The van der Waals surface area contributed by atoms with E-state index in [1.54, 1.807) is 23.1 Å². The molecular formula is C33H42ClN3O4S. The maximum Gasteiger partial charge on any atom is 0.243 e. The summed E-state index contributed by atoms with van der Waals surface area (Å²) in [6.07, 6.45) is 2.63.